The van der Waals surface area contributed by atoms with Crippen LogP contribution in [0.3, 0.4) is 0 Å². The van der Waals surface area contributed by atoms with Gasteiger partial charge in [-0.25, -0.2) is 0 Å². The minimum Gasteiger partial charge on any atom is -0.294 e. The van der Waals surface area contributed by atoms with E-state index in [2.05, 4.69) is 0 Å². The summed E-state index contributed by atoms with van der Waals surface area (Å²) in [5, 5.41) is 18.0. The van der Waals surface area contributed by atoms with Gasteiger partial charge in [0.05, 0.1) is 17.7 Å². The molecular formula is C14H9N3O. The molecule has 0 saturated carbocycles. The van der Waals surface area contributed by atoms with Crippen molar-refractivity contribution in [3.05, 3.63) is 59.8 Å². The van der Waals surface area contributed by atoms with Crippen molar-refractivity contribution in [3.63, 3.8) is 0 Å². The number of amides is 1. The second-order valence-corrected chi connectivity index (χ2v) is 3.69. The highest BCUT2D eigenvalue weighted by Gasteiger charge is 2.27. The van der Waals surface area contributed by atoms with Gasteiger partial charge in [0.2, 0.25) is 0 Å². The molecule has 0 bridgehead atoms. The van der Waals surface area contributed by atoms with E-state index in [9.17, 15) is 4.79 Å². The molecule has 0 N–H and O–H groups in total. The first-order valence-corrected chi connectivity index (χ1v) is 5.33. The summed E-state index contributed by atoms with van der Waals surface area (Å²) in [4.78, 5) is 13.5. The summed E-state index contributed by atoms with van der Waals surface area (Å²) in [7, 11) is 0. The monoisotopic (exact) mass is 235 g/mol. The lowest BCUT2D eigenvalue weighted by Crippen LogP contribution is -2.37. The first-order chi connectivity index (χ1) is 8.77. The van der Waals surface area contributed by atoms with E-state index in [1.807, 2.05) is 18.2 Å². The van der Waals surface area contributed by atoms with Gasteiger partial charge in [0.1, 0.15) is 0 Å². The van der Waals surface area contributed by atoms with Gasteiger partial charge in [0.15, 0.2) is 6.04 Å². The van der Waals surface area contributed by atoms with Crippen LogP contribution in [0.15, 0.2) is 54.3 Å². The number of benzene rings is 1. The van der Waals surface area contributed by atoms with Crippen molar-refractivity contribution >= 4 is 5.91 Å². The maximum absolute atomic E-state index is 12.2. The number of nitriles is 2. The molecule has 0 fully saturated rings. The minimum atomic E-state index is -0.854. The molecule has 0 saturated heterocycles. The molecule has 1 atom stereocenters. The average Bonchev–Trinajstić information content (AvgIpc) is 2.46. The lowest BCUT2D eigenvalue weighted by molar-refractivity contribution is 0.0809. The number of allylic oxidation sites excluding steroid dienone is 2. The Bertz CT molecular complexity index is 602. The Kier molecular flexibility index (Phi) is 3.22. The van der Waals surface area contributed by atoms with Crippen molar-refractivity contribution in [2.75, 3.05) is 0 Å². The Labute approximate surface area is 105 Å². The van der Waals surface area contributed by atoms with Crippen LogP contribution in [0, 0.1) is 22.7 Å². The molecule has 0 aromatic heterocycles. The predicted octanol–water partition coefficient (Wildman–Crippen LogP) is 2.00. The zero-order valence-electron chi connectivity index (χ0n) is 9.45. The molecule has 1 aliphatic rings. The van der Waals surface area contributed by atoms with Crippen LogP contribution in [0.5, 0.6) is 0 Å². The Morgan fingerprint density at radius 1 is 1.22 bits per heavy atom. The number of carbonyl (C=O) groups excluding carboxylic acids is 1. The quantitative estimate of drug-likeness (QED) is 0.747. The summed E-state index contributed by atoms with van der Waals surface area (Å²) in [6.45, 7) is 0. The van der Waals surface area contributed by atoms with E-state index in [0.29, 0.717) is 5.56 Å². The van der Waals surface area contributed by atoms with Gasteiger partial charge in [0.25, 0.3) is 5.91 Å². The maximum Gasteiger partial charge on any atom is 0.259 e. The third-order valence-electron chi connectivity index (χ3n) is 2.60. The smallest absolute Gasteiger partial charge is 0.259 e. The normalized spacial score (nSPS) is 17.6. The highest BCUT2D eigenvalue weighted by molar-refractivity contribution is 5.95. The van der Waals surface area contributed by atoms with Crippen molar-refractivity contribution < 1.29 is 4.79 Å². The third kappa shape index (κ3) is 2.00. The van der Waals surface area contributed by atoms with Crippen LogP contribution in [0.25, 0.3) is 0 Å². The Hall–Kier alpha value is -2.85. The summed E-state index contributed by atoms with van der Waals surface area (Å²) in [6, 6.07) is 11.7. The number of nitrogens with zero attached hydrogens (tertiary/aromatic N) is 3. The summed E-state index contributed by atoms with van der Waals surface area (Å²) in [5.74, 6) is -0.292. The number of carbonyl (C=O) groups is 1. The first kappa shape index (κ1) is 11.6. The molecule has 1 aromatic carbocycles. The van der Waals surface area contributed by atoms with Crippen molar-refractivity contribution in [1.29, 1.82) is 10.5 Å². The van der Waals surface area contributed by atoms with Gasteiger partial charge >= 0.3 is 0 Å². The molecule has 1 aliphatic heterocycles. The van der Waals surface area contributed by atoms with Gasteiger partial charge in [-0.2, -0.15) is 10.5 Å². The van der Waals surface area contributed by atoms with Gasteiger partial charge in [-0.3, -0.25) is 9.69 Å². The van der Waals surface area contributed by atoms with Crippen LogP contribution >= 0.6 is 0 Å². The topological polar surface area (TPSA) is 67.9 Å². The molecule has 2 rings (SSSR count). The largest absolute Gasteiger partial charge is 0.294 e. The SMILES string of the molecule is N#CC1=CC=CN(C(=O)c2ccccc2)C1C#N. The molecule has 1 heterocycles. The molecule has 0 aliphatic carbocycles. The second-order valence-electron chi connectivity index (χ2n) is 3.69. The van der Waals surface area contributed by atoms with E-state index in [1.54, 1.807) is 36.4 Å². The molecule has 1 unspecified atom stereocenters. The summed E-state index contributed by atoms with van der Waals surface area (Å²) < 4.78 is 0. The summed E-state index contributed by atoms with van der Waals surface area (Å²) in [5.41, 5.74) is 0.755. The van der Waals surface area contributed by atoms with Crippen LogP contribution in [-0.4, -0.2) is 16.8 Å². The van der Waals surface area contributed by atoms with E-state index < -0.39 is 6.04 Å². The molecule has 0 spiro atoms. The fraction of sp³-hybridized carbons (Fsp3) is 0.0714. The molecule has 0 radical (unpaired) electrons. The first-order valence-electron chi connectivity index (χ1n) is 5.33. The molecule has 4 heteroatoms. The average molecular weight is 235 g/mol. The van der Waals surface area contributed by atoms with Gasteiger partial charge in [-0.05, 0) is 24.3 Å². The fourth-order valence-corrected chi connectivity index (χ4v) is 1.71. The van der Waals surface area contributed by atoms with Crippen LogP contribution in [0.2, 0.25) is 0 Å². The van der Waals surface area contributed by atoms with Crippen molar-refractivity contribution in [2.45, 2.75) is 6.04 Å². The van der Waals surface area contributed by atoms with E-state index in [1.165, 1.54) is 11.1 Å². The van der Waals surface area contributed by atoms with E-state index >= 15 is 0 Å². The third-order valence-corrected chi connectivity index (χ3v) is 2.60. The van der Waals surface area contributed by atoms with Crippen LogP contribution in [0.4, 0.5) is 0 Å². The zero-order valence-corrected chi connectivity index (χ0v) is 9.45. The highest BCUT2D eigenvalue weighted by Crippen LogP contribution is 2.18. The zero-order chi connectivity index (χ0) is 13.0. The van der Waals surface area contributed by atoms with Crippen molar-refractivity contribution in [2.24, 2.45) is 0 Å². The predicted molar refractivity (Wildman–Crippen MR) is 64.8 cm³/mol. The van der Waals surface area contributed by atoms with E-state index in [4.69, 9.17) is 10.5 Å². The van der Waals surface area contributed by atoms with E-state index in [-0.39, 0.29) is 11.5 Å². The van der Waals surface area contributed by atoms with Gasteiger partial charge < -0.3 is 0 Å². The molecule has 1 amide bonds. The molecule has 18 heavy (non-hydrogen) atoms. The Balaban J connectivity index is 2.33. The molecule has 4 nitrogen and oxygen atoms in total. The van der Waals surface area contributed by atoms with Crippen molar-refractivity contribution in [1.82, 2.24) is 4.90 Å². The standard InChI is InChI=1S/C14H9N3O/c15-9-12-7-4-8-17(13(12)10-16)14(18)11-5-2-1-3-6-11/h1-8,13H. The molecule has 1 aromatic rings. The Morgan fingerprint density at radius 2 is 1.94 bits per heavy atom. The number of hydrogen-bond donors (Lipinski definition) is 0. The summed E-state index contributed by atoms with van der Waals surface area (Å²) in [6.07, 6.45) is 4.65. The molecular weight excluding hydrogens is 226 g/mol. The fourth-order valence-electron chi connectivity index (χ4n) is 1.71. The van der Waals surface area contributed by atoms with Gasteiger partial charge in [-0.1, -0.05) is 18.2 Å². The maximum atomic E-state index is 12.2. The lowest BCUT2D eigenvalue weighted by Gasteiger charge is -2.25. The Morgan fingerprint density at radius 3 is 2.56 bits per heavy atom. The van der Waals surface area contributed by atoms with Gasteiger partial charge in [0, 0.05) is 11.8 Å². The van der Waals surface area contributed by atoms with Crippen molar-refractivity contribution in [3.8, 4) is 12.1 Å². The van der Waals surface area contributed by atoms with E-state index in [0.717, 1.165) is 0 Å². The van der Waals surface area contributed by atoms with Crippen LogP contribution < -0.4 is 0 Å². The van der Waals surface area contributed by atoms with Gasteiger partial charge in [-0.15, -0.1) is 0 Å². The van der Waals surface area contributed by atoms with Crippen LogP contribution in [0.1, 0.15) is 10.4 Å². The molecule has 86 valence electrons. The number of rotatable bonds is 1. The minimum absolute atomic E-state index is 0.268. The van der Waals surface area contributed by atoms with Crippen LogP contribution in [-0.2, 0) is 0 Å². The second kappa shape index (κ2) is 4.99. The number of hydrogen-bond acceptors (Lipinski definition) is 3. The lowest BCUT2D eigenvalue weighted by atomic mass is 10.0. The summed E-state index contributed by atoms with van der Waals surface area (Å²) >= 11 is 0. The highest BCUT2D eigenvalue weighted by atomic mass is 16.2.